The molecule has 0 spiro atoms. The van der Waals surface area contributed by atoms with Crippen molar-refractivity contribution in [2.24, 2.45) is 5.92 Å². The predicted molar refractivity (Wildman–Crippen MR) is 96.9 cm³/mol. The quantitative estimate of drug-likeness (QED) is 0.803. The Kier molecular flexibility index (Phi) is 4.25. The molecule has 0 aliphatic carbocycles. The monoisotopic (exact) mass is 404 g/mol. The molecule has 1 fully saturated rings. The summed E-state index contributed by atoms with van der Waals surface area (Å²) in [6.45, 7) is 0.547. The first-order valence-corrected chi connectivity index (χ1v) is 9.12. The number of rotatable bonds is 2. The molecule has 2 N–H and O–H groups in total. The summed E-state index contributed by atoms with van der Waals surface area (Å²) in [5.74, 6) is -0.698. The van der Waals surface area contributed by atoms with Gasteiger partial charge in [-0.15, -0.1) is 0 Å². The average molecular weight is 405 g/mol. The molecule has 2 heterocycles. The maximum absolute atomic E-state index is 14.1. The van der Waals surface area contributed by atoms with Crippen LogP contribution < -0.4 is 5.32 Å². The topological polar surface area (TPSA) is 52.6 Å². The van der Waals surface area contributed by atoms with E-state index in [0.717, 1.165) is 22.1 Å². The largest absolute Gasteiger partial charge is 0.394 e. The number of amides is 1. The van der Waals surface area contributed by atoms with Crippen LogP contribution in [0.3, 0.4) is 0 Å². The highest BCUT2D eigenvalue weighted by atomic mass is 79.9. The highest BCUT2D eigenvalue weighted by molar-refractivity contribution is 9.10. The Hall–Kier alpha value is -1.92. The second-order valence-electron chi connectivity index (χ2n) is 6.54. The van der Waals surface area contributed by atoms with Gasteiger partial charge in [-0.05, 0) is 42.3 Å². The van der Waals surface area contributed by atoms with Gasteiger partial charge in [0, 0.05) is 22.6 Å². The standard InChI is InChI=1S/C19H18BrFN2O2/c20-11-5-6-16-14(9-11)18-13(17(10-24)22-16)7-8-23(18)19(25)12-3-1-2-4-15(12)21/h1-6,9,13,17-18,22,24H,7-8,10H2/t13-,17-,18-/m1/s1. The summed E-state index contributed by atoms with van der Waals surface area (Å²) in [6.07, 6.45) is 0.773. The Morgan fingerprint density at radius 2 is 2.12 bits per heavy atom. The Balaban J connectivity index is 1.77. The van der Waals surface area contributed by atoms with E-state index >= 15 is 0 Å². The van der Waals surface area contributed by atoms with Gasteiger partial charge < -0.3 is 15.3 Å². The third kappa shape index (κ3) is 2.73. The fourth-order valence-corrected chi connectivity index (χ4v) is 4.43. The summed E-state index contributed by atoms with van der Waals surface area (Å²) in [4.78, 5) is 14.8. The third-order valence-corrected chi connectivity index (χ3v) is 5.69. The van der Waals surface area contributed by atoms with Crippen LogP contribution in [0.25, 0.3) is 0 Å². The summed E-state index contributed by atoms with van der Waals surface area (Å²) in [7, 11) is 0. The van der Waals surface area contributed by atoms with E-state index in [-0.39, 0.29) is 36.1 Å². The minimum absolute atomic E-state index is 0.00159. The Labute approximate surface area is 153 Å². The van der Waals surface area contributed by atoms with E-state index in [0.29, 0.717) is 6.54 Å². The van der Waals surface area contributed by atoms with Gasteiger partial charge in [0.25, 0.3) is 5.91 Å². The first-order valence-electron chi connectivity index (χ1n) is 8.32. The second-order valence-corrected chi connectivity index (χ2v) is 7.46. The van der Waals surface area contributed by atoms with Crippen molar-refractivity contribution in [1.29, 1.82) is 0 Å². The van der Waals surface area contributed by atoms with Crippen LogP contribution in [0.1, 0.15) is 28.4 Å². The number of likely N-dealkylation sites (tertiary alicyclic amines) is 1. The first-order chi connectivity index (χ1) is 12.1. The fraction of sp³-hybridized carbons (Fsp3) is 0.316. The molecule has 3 atom stereocenters. The van der Waals surface area contributed by atoms with Gasteiger partial charge >= 0.3 is 0 Å². The van der Waals surface area contributed by atoms with E-state index in [9.17, 15) is 14.3 Å². The second kappa shape index (κ2) is 6.42. The van der Waals surface area contributed by atoms with Gasteiger partial charge in [0.2, 0.25) is 0 Å². The van der Waals surface area contributed by atoms with Crippen molar-refractivity contribution in [3.05, 3.63) is 63.9 Å². The predicted octanol–water partition coefficient (Wildman–Crippen LogP) is 3.58. The Morgan fingerprint density at radius 3 is 2.88 bits per heavy atom. The lowest BCUT2D eigenvalue weighted by atomic mass is 9.83. The number of anilines is 1. The average Bonchev–Trinajstić information content (AvgIpc) is 3.06. The van der Waals surface area contributed by atoms with Crippen LogP contribution in [0.15, 0.2) is 46.9 Å². The van der Waals surface area contributed by atoms with Crippen molar-refractivity contribution in [3.8, 4) is 0 Å². The molecule has 130 valence electrons. The molecule has 0 bridgehead atoms. The van der Waals surface area contributed by atoms with E-state index in [2.05, 4.69) is 21.2 Å². The van der Waals surface area contributed by atoms with Crippen LogP contribution in [0.2, 0.25) is 0 Å². The molecule has 0 unspecified atom stereocenters. The number of carbonyl (C=O) groups excluding carboxylic acids is 1. The van der Waals surface area contributed by atoms with Crippen LogP contribution in [0, 0.1) is 11.7 Å². The van der Waals surface area contributed by atoms with Gasteiger partial charge in [-0.3, -0.25) is 4.79 Å². The zero-order valence-corrected chi connectivity index (χ0v) is 15.0. The molecule has 2 aromatic rings. The maximum atomic E-state index is 14.1. The van der Waals surface area contributed by atoms with Crippen LogP contribution >= 0.6 is 15.9 Å². The molecule has 2 aromatic carbocycles. The van der Waals surface area contributed by atoms with Crippen molar-refractivity contribution >= 4 is 27.5 Å². The van der Waals surface area contributed by atoms with Gasteiger partial charge in [-0.1, -0.05) is 28.1 Å². The molecule has 25 heavy (non-hydrogen) atoms. The number of halogens is 2. The van der Waals surface area contributed by atoms with E-state index in [1.165, 1.54) is 12.1 Å². The molecule has 4 nitrogen and oxygen atoms in total. The first kappa shape index (κ1) is 16.5. The van der Waals surface area contributed by atoms with E-state index in [1.807, 2.05) is 18.2 Å². The summed E-state index contributed by atoms with van der Waals surface area (Å²) in [5, 5.41) is 13.1. The van der Waals surface area contributed by atoms with Crippen LogP contribution in [0.4, 0.5) is 10.1 Å². The minimum Gasteiger partial charge on any atom is -0.394 e. The molecule has 1 amide bonds. The Morgan fingerprint density at radius 1 is 1.32 bits per heavy atom. The summed E-state index contributed by atoms with van der Waals surface area (Å²) in [5.41, 5.74) is 2.02. The summed E-state index contributed by atoms with van der Waals surface area (Å²) in [6, 6.07) is 11.7. The summed E-state index contributed by atoms with van der Waals surface area (Å²) < 4.78 is 15.0. The van der Waals surface area contributed by atoms with Crippen LogP contribution in [-0.4, -0.2) is 35.1 Å². The highest BCUT2D eigenvalue weighted by Crippen LogP contribution is 2.47. The van der Waals surface area contributed by atoms with Gasteiger partial charge in [-0.2, -0.15) is 0 Å². The van der Waals surface area contributed by atoms with Crippen molar-refractivity contribution < 1.29 is 14.3 Å². The van der Waals surface area contributed by atoms with Gasteiger partial charge in [0.15, 0.2) is 0 Å². The smallest absolute Gasteiger partial charge is 0.257 e. The third-order valence-electron chi connectivity index (χ3n) is 5.20. The van der Waals surface area contributed by atoms with Crippen LogP contribution in [-0.2, 0) is 0 Å². The van der Waals surface area contributed by atoms with Crippen LogP contribution in [0.5, 0.6) is 0 Å². The number of carbonyl (C=O) groups is 1. The molecular formula is C19H18BrFN2O2. The lowest BCUT2D eigenvalue weighted by Crippen LogP contribution is -2.43. The highest BCUT2D eigenvalue weighted by Gasteiger charge is 2.46. The SMILES string of the molecule is O=C(c1ccccc1F)N1CC[C@@H]2[C@@H](CO)Nc3ccc(Br)cc3[C@@H]21. The van der Waals surface area contributed by atoms with E-state index in [4.69, 9.17) is 0 Å². The van der Waals surface area contributed by atoms with Crippen molar-refractivity contribution in [2.45, 2.75) is 18.5 Å². The number of fused-ring (bicyclic) bond motifs is 3. The maximum Gasteiger partial charge on any atom is 0.257 e. The zero-order valence-electron chi connectivity index (χ0n) is 13.5. The molecule has 0 radical (unpaired) electrons. The molecule has 0 saturated carbocycles. The zero-order chi connectivity index (χ0) is 17.6. The van der Waals surface area contributed by atoms with Crippen molar-refractivity contribution in [1.82, 2.24) is 4.90 Å². The Bertz CT molecular complexity index is 829. The molecule has 4 rings (SSSR count). The summed E-state index contributed by atoms with van der Waals surface area (Å²) >= 11 is 3.49. The molecule has 6 heteroatoms. The van der Waals surface area contributed by atoms with E-state index in [1.54, 1.807) is 17.0 Å². The van der Waals surface area contributed by atoms with Gasteiger partial charge in [-0.25, -0.2) is 4.39 Å². The number of hydrogen-bond acceptors (Lipinski definition) is 3. The number of aliphatic hydroxyl groups is 1. The minimum atomic E-state index is -0.502. The molecular weight excluding hydrogens is 387 g/mol. The molecule has 1 saturated heterocycles. The van der Waals surface area contributed by atoms with Gasteiger partial charge in [0.05, 0.1) is 24.3 Å². The van der Waals surface area contributed by atoms with Crippen molar-refractivity contribution in [3.63, 3.8) is 0 Å². The number of hydrogen-bond donors (Lipinski definition) is 2. The molecule has 2 aliphatic rings. The molecule has 2 aliphatic heterocycles. The normalized spacial score (nSPS) is 24.4. The molecule has 0 aromatic heterocycles. The number of benzene rings is 2. The lowest BCUT2D eigenvalue weighted by Gasteiger charge is -2.39. The van der Waals surface area contributed by atoms with Gasteiger partial charge in [0.1, 0.15) is 5.82 Å². The lowest BCUT2D eigenvalue weighted by molar-refractivity contribution is 0.0696. The van der Waals surface area contributed by atoms with Crippen molar-refractivity contribution in [2.75, 3.05) is 18.5 Å². The number of nitrogens with one attached hydrogen (secondary N) is 1. The number of nitrogens with zero attached hydrogens (tertiary/aromatic N) is 1. The number of aliphatic hydroxyl groups excluding tert-OH is 1. The fourth-order valence-electron chi connectivity index (χ4n) is 4.05. The van der Waals surface area contributed by atoms with E-state index < -0.39 is 5.82 Å².